The molecule has 2 aromatic heterocycles. The lowest BCUT2D eigenvalue weighted by Gasteiger charge is -2.10. The number of thioether (sulfide) groups is 2. The highest BCUT2D eigenvalue weighted by Crippen LogP contribution is 2.29. The minimum atomic E-state index is 0.0342. The first-order valence-corrected chi connectivity index (χ1v) is 10.9. The summed E-state index contributed by atoms with van der Waals surface area (Å²) in [5, 5.41) is 1.51. The molecule has 0 spiro atoms. The van der Waals surface area contributed by atoms with Gasteiger partial charge in [-0.25, -0.2) is 4.98 Å². The lowest BCUT2D eigenvalue weighted by atomic mass is 10.2. The van der Waals surface area contributed by atoms with Crippen LogP contribution < -0.4 is 5.56 Å². The molecule has 25 heavy (non-hydrogen) atoms. The Morgan fingerprint density at radius 1 is 1.28 bits per heavy atom. The van der Waals surface area contributed by atoms with Gasteiger partial charge in [-0.1, -0.05) is 30.0 Å². The summed E-state index contributed by atoms with van der Waals surface area (Å²) in [5.41, 5.74) is 2.30. The van der Waals surface area contributed by atoms with Gasteiger partial charge in [-0.2, -0.15) is 0 Å². The van der Waals surface area contributed by atoms with E-state index in [1.54, 1.807) is 45.5 Å². The lowest BCUT2D eigenvalue weighted by molar-refractivity contribution is 0.672. The first-order chi connectivity index (χ1) is 12.0. The van der Waals surface area contributed by atoms with Gasteiger partial charge in [0.15, 0.2) is 5.16 Å². The molecule has 0 unspecified atom stereocenters. The topological polar surface area (TPSA) is 34.9 Å². The van der Waals surface area contributed by atoms with Crippen molar-refractivity contribution in [3.8, 4) is 0 Å². The number of rotatable bonds is 6. The van der Waals surface area contributed by atoms with Gasteiger partial charge in [-0.3, -0.25) is 9.36 Å². The molecule has 6 heteroatoms. The molecular formula is C19H20N2OS3. The summed E-state index contributed by atoms with van der Waals surface area (Å²) in [6.45, 7) is 8.30. The standard InChI is InChI=1S/C19H20N2OS3/c1-5-10-21-18(22)16-12(2)13(3)25-17(16)20-19(21)24-11-14-6-8-15(23-4)9-7-14/h5-9H,1,10-11H2,2-4H3. The fourth-order valence-corrected chi connectivity index (χ4v) is 5.02. The van der Waals surface area contributed by atoms with E-state index in [9.17, 15) is 4.79 Å². The van der Waals surface area contributed by atoms with Gasteiger partial charge in [0, 0.05) is 22.1 Å². The summed E-state index contributed by atoms with van der Waals surface area (Å²) in [6, 6.07) is 8.51. The molecule has 0 atom stereocenters. The normalized spacial score (nSPS) is 11.2. The highest BCUT2D eigenvalue weighted by Gasteiger charge is 2.16. The molecule has 3 nitrogen and oxygen atoms in total. The number of thiophene rings is 1. The molecule has 0 amide bonds. The SMILES string of the molecule is C=CCn1c(SCc2ccc(SC)cc2)nc2sc(C)c(C)c2c1=O. The first-order valence-electron chi connectivity index (χ1n) is 7.92. The Balaban J connectivity index is 1.97. The van der Waals surface area contributed by atoms with Crippen molar-refractivity contribution in [3.63, 3.8) is 0 Å². The molecule has 1 aromatic carbocycles. The monoisotopic (exact) mass is 388 g/mol. The van der Waals surface area contributed by atoms with Crippen LogP contribution in [0.3, 0.4) is 0 Å². The molecule has 130 valence electrons. The van der Waals surface area contributed by atoms with Crippen molar-refractivity contribution in [2.75, 3.05) is 6.26 Å². The van der Waals surface area contributed by atoms with Crippen molar-refractivity contribution < 1.29 is 0 Å². The van der Waals surface area contributed by atoms with E-state index in [2.05, 4.69) is 37.1 Å². The van der Waals surface area contributed by atoms with Crippen LogP contribution in [0.15, 0.2) is 51.8 Å². The van der Waals surface area contributed by atoms with Crippen molar-refractivity contribution in [1.29, 1.82) is 0 Å². The molecular weight excluding hydrogens is 368 g/mol. The molecule has 0 aliphatic heterocycles. The number of fused-ring (bicyclic) bond motifs is 1. The molecule has 0 N–H and O–H groups in total. The molecule has 2 heterocycles. The second-order valence-electron chi connectivity index (χ2n) is 5.70. The van der Waals surface area contributed by atoms with Crippen molar-refractivity contribution >= 4 is 45.1 Å². The van der Waals surface area contributed by atoms with E-state index in [0.717, 1.165) is 31.6 Å². The summed E-state index contributed by atoms with van der Waals surface area (Å²) < 4.78 is 1.73. The zero-order valence-electron chi connectivity index (χ0n) is 14.5. The molecule has 3 aromatic rings. The molecule has 0 saturated heterocycles. The summed E-state index contributed by atoms with van der Waals surface area (Å²) in [6.07, 6.45) is 3.82. The zero-order valence-corrected chi connectivity index (χ0v) is 17.0. The van der Waals surface area contributed by atoms with Gasteiger partial charge < -0.3 is 0 Å². The summed E-state index contributed by atoms with van der Waals surface area (Å²) in [4.78, 5) is 20.9. The molecule has 0 fully saturated rings. The number of hydrogen-bond donors (Lipinski definition) is 0. The molecule has 0 radical (unpaired) electrons. The number of aryl methyl sites for hydroxylation is 2. The molecule has 0 aliphatic carbocycles. The molecule has 0 saturated carbocycles. The highest BCUT2D eigenvalue weighted by molar-refractivity contribution is 7.98. The average molecular weight is 389 g/mol. The smallest absolute Gasteiger partial charge is 0.263 e. The number of hydrogen-bond acceptors (Lipinski definition) is 5. The predicted molar refractivity (Wildman–Crippen MR) is 111 cm³/mol. The fourth-order valence-electron chi connectivity index (χ4n) is 2.58. The van der Waals surface area contributed by atoms with Crippen LogP contribution in [0.1, 0.15) is 16.0 Å². The second-order valence-corrected chi connectivity index (χ2v) is 8.72. The van der Waals surface area contributed by atoms with Crippen LogP contribution in [0.5, 0.6) is 0 Å². The summed E-state index contributed by atoms with van der Waals surface area (Å²) in [5.74, 6) is 0.785. The quantitative estimate of drug-likeness (QED) is 0.327. The number of benzene rings is 1. The van der Waals surface area contributed by atoms with Crippen molar-refractivity contribution in [2.45, 2.75) is 36.2 Å². The largest absolute Gasteiger partial charge is 0.283 e. The van der Waals surface area contributed by atoms with Gasteiger partial charge in [0.25, 0.3) is 5.56 Å². The van der Waals surface area contributed by atoms with Crippen LogP contribution >= 0.6 is 34.9 Å². The lowest BCUT2D eigenvalue weighted by Crippen LogP contribution is -2.22. The Morgan fingerprint density at radius 2 is 2.00 bits per heavy atom. The van der Waals surface area contributed by atoms with E-state index in [1.807, 2.05) is 13.8 Å². The van der Waals surface area contributed by atoms with Gasteiger partial charge in [-0.05, 0) is 43.4 Å². The summed E-state index contributed by atoms with van der Waals surface area (Å²) in [7, 11) is 0. The second kappa shape index (κ2) is 7.81. The first kappa shape index (κ1) is 18.3. The third-order valence-corrected chi connectivity index (χ3v) is 6.98. The van der Waals surface area contributed by atoms with Crippen molar-refractivity contribution in [3.05, 3.63) is 63.3 Å². The minimum Gasteiger partial charge on any atom is -0.283 e. The molecule has 3 rings (SSSR count). The molecule has 0 bridgehead atoms. The van der Waals surface area contributed by atoms with Crippen LogP contribution in [-0.4, -0.2) is 15.8 Å². The summed E-state index contributed by atoms with van der Waals surface area (Å²) >= 11 is 4.93. The Kier molecular flexibility index (Phi) is 5.71. The van der Waals surface area contributed by atoms with Crippen molar-refractivity contribution in [1.82, 2.24) is 9.55 Å². The molecule has 0 aliphatic rings. The van der Waals surface area contributed by atoms with Crippen LogP contribution in [0.2, 0.25) is 0 Å². The predicted octanol–water partition coefficient (Wildman–Crippen LogP) is 5.28. The minimum absolute atomic E-state index is 0.0342. The maximum atomic E-state index is 12.9. The van der Waals surface area contributed by atoms with Gasteiger partial charge in [0.2, 0.25) is 0 Å². The van der Waals surface area contributed by atoms with Crippen molar-refractivity contribution in [2.24, 2.45) is 0 Å². The number of nitrogens with zero attached hydrogens (tertiary/aromatic N) is 2. The highest BCUT2D eigenvalue weighted by atomic mass is 32.2. The van der Waals surface area contributed by atoms with E-state index in [0.29, 0.717) is 6.54 Å². The zero-order chi connectivity index (χ0) is 18.0. The van der Waals surface area contributed by atoms with E-state index < -0.39 is 0 Å². The maximum Gasteiger partial charge on any atom is 0.263 e. The Morgan fingerprint density at radius 3 is 2.64 bits per heavy atom. The van der Waals surface area contributed by atoms with Crippen LogP contribution in [0.25, 0.3) is 10.2 Å². The number of aromatic nitrogens is 2. The van der Waals surface area contributed by atoms with Gasteiger partial charge in [-0.15, -0.1) is 29.7 Å². The Bertz CT molecular complexity index is 971. The van der Waals surface area contributed by atoms with Gasteiger partial charge in [0.1, 0.15) is 4.83 Å². The van der Waals surface area contributed by atoms with E-state index in [-0.39, 0.29) is 5.56 Å². The van der Waals surface area contributed by atoms with Crippen LogP contribution in [0.4, 0.5) is 0 Å². The van der Waals surface area contributed by atoms with E-state index in [4.69, 9.17) is 4.98 Å². The van der Waals surface area contributed by atoms with Crippen LogP contribution in [0, 0.1) is 13.8 Å². The van der Waals surface area contributed by atoms with E-state index in [1.165, 1.54) is 10.5 Å². The third-order valence-electron chi connectivity index (χ3n) is 4.09. The maximum absolute atomic E-state index is 12.9. The van der Waals surface area contributed by atoms with Crippen LogP contribution in [-0.2, 0) is 12.3 Å². The third kappa shape index (κ3) is 3.71. The van der Waals surface area contributed by atoms with E-state index >= 15 is 0 Å². The Labute approximate surface area is 160 Å². The average Bonchev–Trinajstić information content (AvgIpc) is 2.90. The fraction of sp³-hybridized carbons (Fsp3) is 0.263. The van der Waals surface area contributed by atoms with Gasteiger partial charge >= 0.3 is 0 Å². The Hall–Kier alpha value is -1.50. The van der Waals surface area contributed by atoms with Gasteiger partial charge in [0.05, 0.1) is 5.39 Å². The number of allylic oxidation sites excluding steroid dienone is 1.